The molecule has 0 fully saturated rings. The van der Waals surface area contributed by atoms with E-state index in [4.69, 9.17) is 5.73 Å². The van der Waals surface area contributed by atoms with Crippen molar-refractivity contribution in [3.63, 3.8) is 0 Å². The average Bonchev–Trinajstić information content (AvgIpc) is 2.44. The van der Waals surface area contributed by atoms with Gasteiger partial charge < -0.3 is 10.8 Å². The molecule has 3 nitrogen and oxygen atoms in total. The quantitative estimate of drug-likeness (QED) is 0.888. The lowest BCUT2D eigenvalue weighted by atomic mass is 9.75. The summed E-state index contributed by atoms with van der Waals surface area (Å²) in [5.74, 6) is -1.38. The number of aryl methyl sites for hydroxylation is 1. The number of halogens is 1. The lowest BCUT2D eigenvalue weighted by Gasteiger charge is -2.29. The van der Waals surface area contributed by atoms with Crippen LogP contribution in [0, 0.1) is 12.7 Å². The minimum Gasteiger partial charge on any atom is -0.481 e. The molecule has 1 atom stereocenters. The van der Waals surface area contributed by atoms with Crippen LogP contribution in [0.25, 0.3) is 0 Å². The molecule has 2 aromatic rings. The highest BCUT2D eigenvalue weighted by Gasteiger charge is 2.39. The summed E-state index contributed by atoms with van der Waals surface area (Å²) in [5.41, 5.74) is 6.77. The average molecular weight is 287 g/mol. The molecule has 0 aromatic heterocycles. The topological polar surface area (TPSA) is 63.3 Å². The Balaban J connectivity index is 2.49. The lowest BCUT2D eigenvalue weighted by molar-refractivity contribution is -0.143. The van der Waals surface area contributed by atoms with Crippen molar-refractivity contribution in [2.75, 3.05) is 6.54 Å². The Labute approximate surface area is 123 Å². The van der Waals surface area contributed by atoms with E-state index in [0.717, 1.165) is 5.56 Å². The first kappa shape index (κ1) is 15.2. The van der Waals surface area contributed by atoms with Crippen LogP contribution in [0.2, 0.25) is 0 Å². The van der Waals surface area contributed by atoms with Gasteiger partial charge in [0.05, 0.1) is 0 Å². The van der Waals surface area contributed by atoms with Crippen LogP contribution in [-0.4, -0.2) is 17.6 Å². The lowest BCUT2D eigenvalue weighted by Crippen LogP contribution is -2.45. The van der Waals surface area contributed by atoms with Crippen LogP contribution >= 0.6 is 0 Å². The van der Waals surface area contributed by atoms with E-state index in [-0.39, 0.29) is 18.8 Å². The summed E-state index contributed by atoms with van der Waals surface area (Å²) in [7, 11) is 0. The fourth-order valence-electron chi connectivity index (χ4n) is 2.52. The Morgan fingerprint density at radius 1 is 1.24 bits per heavy atom. The predicted octanol–water partition coefficient (Wildman–Crippen LogP) is 2.66. The maximum absolute atomic E-state index is 13.3. The minimum absolute atomic E-state index is 0.0533. The molecule has 0 bridgehead atoms. The van der Waals surface area contributed by atoms with Crippen molar-refractivity contribution >= 4 is 5.97 Å². The molecule has 0 amide bonds. The Morgan fingerprint density at radius 3 is 2.52 bits per heavy atom. The number of rotatable bonds is 5. The van der Waals surface area contributed by atoms with E-state index >= 15 is 0 Å². The number of hydrogen-bond acceptors (Lipinski definition) is 2. The number of aliphatic carboxylic acids is 1. The zero-order chi connectivity index (χ0) is 15.5. The Hall–Kier alpha value is -2.20. The molecule has 0 heterocycles. The molecule has 110 valence electrons. The van der Waals surface area contributed by atoms with Crippen LogP contribution in [-0.2, 0) is 16.6 Å². The molecule has 21 heavy (non-hydrogen) atoms. The summed E-state index contributed by atoms with van der Waals surface area (Å²) in [6.45, 7) is 1.84. The first-order valence-electron chi connectivity index (χ1n) is 6.73. The monoisotopic (exact) mass is 287 g/mol. The van der Waals surface area contributed by atoms with Gasteiger partial charge in [0, 0.05) is 6.54 Å². The maximum atomic E-state index is 13.3. The first-order valence-corrected chi connectivity index (χ1v) is 6.73. The van der Waals surface area contributed by atoms with Crippen molar-refractivity contribution in [3.05, 3.63) is 71.0 Å². The zero-order valence-electron chi connectivity index (χ0n) is 11.8. The number of benzene rings is 2. The number of nitrogens with two attached hydrogens (primary N) is 1. The maximum Gasteiger partial charge on any atom is 0.315 e. The Morgan fingerprint density at radius 2 is 1.95 bits per heavy atom. The third kappa shape index (κ3) is 3.11. The van der Waals surface area contributed by atoms with Gasteiger partial charge in [0.1, 0.15) is 11.2 Å². The molecule has 0 aliphatic heterocycles. The van der Waals surface area contributed by atoms with Crippen molar-refractivity contribution < 1.29 is 14.3 Å². The molecule has 0 aliphatic rings. The third-order valence-corrected chi connectivity index (χ3v) is 3.72. The van der Waals surface area contributed by atoms with Crippen molar-refractivity contribution in [2.24, 2.45) is 5.73 Å². The molecule has 3 N–H and O–H groups in total. The summed E-state index contributed by atoms with van der Waals surface area (Å²) >= 11 is 0. The van der Waals surface area contributed by atoms with Crippen LogP contribution < -0.4 is 5.73 Å². The summed E-state index contributed by atoms with van der Waals surface area (Å²) in [4.78, 5) is 11.9. The standard InChI is InChI=1S/C17H18FNO2/c1-12-4-2-6-14(8-12)17(11-19,16(20)21)10-13-5-3-7-15(18)9-13/h2-9H,10-11,19H2,1H3,(H,20,21). The van der Waals surface area contributed by atoms with Crippen molar-refractivity contribution in [2.45, 2.75) is 18.8 Å². The predicted molar refractivity (Wildman–Crippen MR) is 79.7 cm³/mol. The van der Waals surface area contributed by atoms with Crippen LogP contribution in [0.15, 0.2) is 48.5 Å². The second-order valence-electron chi connectivity index (χ2n) is 5.27. The molecular weight excluding hydrogens is 269 g/mol. The molecule has 2 rings (SSSR count). The Bertz CT molecular complexity index is 657. The molecule has 1 unspecified atom stereocenters. The van der Waals surface area contributed by atoms with Crippen molar-refractivity contribution in [1.82, 2.24) is 0 Å². The van der Waals surface area contributed by atoms with E-state index in [1.165, 1.54) is 12.1 Å². The van der Waals surface area contributed by atoms with E-state index in [9.17, 15) is 14.3 Å². The number of carbonyl (C=O) groups is 1. The second kappa shape index (κ2) is 6.06. The van der Waals surface area contributed by atoms with Gasteiger partial charge in [-0.3, -0.25) is 4.79 Å². The summed E-state index contributed by atoms with van der Waals surface area (Å²) < 4.78 is 13.3. The van der Waals surface area contributed by atoms with Gasteiger partial charge in [0.15, 0.2) is 0 Å². The number of hydrogen-bond donors (Lipinski definition) is 2. The molecular formula is C17H18FNO2. The van der Waals surface area contributed by atoms with Gasteiger partial charge in [-0.1, -0.05) is 42.0 Å². The molecule has 0 spiro atoms. The second-order valence-corrected chi connectivity index (χ2v) is 5.27. The minimum atomic E-state index is -1.25. The van der Waals surface area contributed by atoms with Crippen LogP contribution in [0.5, 0.6) is 0 Å². The fraction of sp³-hybridized carbons (Fsp3) is 0.235. The van der Waals surface area contributed by atoms with E-state index in [1.807, 2.05) is 25.1 Å². The summed E-state index contributed by atoms with van der Waals surface area (Å²) in [6, 6.07) is 13.3. The highest BCUT2D eigenvalue weighted by molar-refractivity contribution is 5.82. The molecule has 0 aliphatic carbocycles. The molecule has 2 aromatic carbocycles. The van der Waals surface area contributed by atoms with Gasteiger partial charge in [-0.15, -0.1) is 0 Å². The third-order valence-electron chi connectivity index (χ3n) is 3.72. The molecule has 0 radical (unpaired) electrons. The van der Waals surface area contributed by atoms with Gasteiger partial charge >= 0.3 is 5.97 Å². The van der Waals surface area contributed by atoms with Gasteiger partial charge in [0.2, 0.25) is 0 Å². The van der Waals surface area contributed by atoms with E-state index in [0.29, 0.717) is 11.1 Å². The SMILES string of the molecule is Cc1cccc(C(CN)(Cc2cccc(F)c2)C(=O)O)c1. The van der Waals surface area contributed by atoms with Crippen molar-refractivity contribution in [3.8, 4) is 0 Å². The van der Waals surface area contributed by atoms with Gasteiger partial charge in [-0.25, -0.2) is 4.39 Å². The summed E-state index contributed by atoms with van der Waals surface area (Å²) in [5, 5.41) is 9.72. The molecule has 0 saturated heterocycles. The Kier molecular flexibility index (Phi) is 4.38. The van der Waals surface area contributed by atoms with Crippen LogP contribution in [0.3, 0.4) is 0 Å². The largest absolute Gasteiger partial charge is 0.481 e. The zero-order valence-corrected chi connectivity index (χ0v) is 11.8. The molecule has 4 heteroatoms. The number of carboxylic acid groups (broad SMARTS) is 1. The normalized spacial score (nSPS) is 13.7. The highest BCUT2D eigenvalue weighted by atomic mass is 19.1. The fourth-order valence-corrected chi connectivity index (χ4v) is 2.52. The van der Waals surface area contributed by atoms with Gasteiger partial charge in [-0.2, -0.15) is 0 Å². The number of carboxylic acids is 1. The van der Waals surface area contributed by atoms with Crippen LogP contribution in [0.1, 0.15) is 16.7 Å². The van der Waals surface area contributed by atoms with Crippen LogP contribution in [0.4, 0.5) is 4.39 Å². The van der Waals surface area contributed by atoms with Crippen molar-refractivity contribution in [1.29, 1.82) is 0 Å². The smallest absolute Gasteiger partial charge is 0.315 e. The summed E-state index contributed by atoms with van der Waals surface area (Å²) in [6.07, 6.45) is 0.153. The first-order chi connectivity index (χ1) is 9.98. The van der Waals surface area contributed by atoms with Gasteiger partial charge in [-0.05, 0) is 36.6 Å². The van der Waals surface area contributed by atoms with E-state index in [1.54, 1.807) is 18.2 Å². The highest BCUT2D eigenvalue weighted by Crippen LogP contribution is 2.29. The molecule has 0 saturated carbocycles. The van der Waals surface area contributed by atoms with E-state index < -0.39 is 11.4 Å². The van der Waals surface area contributed by atoms with Gasteiger partial charge in [0.25, 0.3) is 0 Å². The van der Waals surface area contributed by atoms with E-state index in [2.05, 4.69) is 0 Å².